The van der Waals surface area contributed by atoms with Crippen molar-refractivity contribution in [3.63, 3.8) is 0 Å². The van der Waals surface area contributed by atoms with E-state index in [0.717, 1.165) is 75.4 Å². The van der Waals surface area contributed by atoms with Gasteiger partial charge in [-0.05, 0) is 46.9 Å². The first-order valence-electron chi connectivity index (χ1n) is 14.5. The van der Waals surface area contributed by atoms with Gasteiger partial charge in [0.2, 0.25) is 0 Å². The average molecular weight is 554 g/mol. The van der Waals surface area contributed by atoms with Gasteiger partial charge in [-0.1, -0.05) is 98.3 Å². The summed E-state index contributed by atoms with van der Waals surface area (Å²) >= 11 is 0. The van der Waals surface area contributed by atoms with Crippen molar-refractivity contribution >= 4 is 22.4 Å². The number of nitrogens with two attached hydrogens (primary N) is 2. The number of unbranched alkanes of at least 4 members (excludes halogenated alkanes) is 1. The van der Waals surface area contributed by atoms with Crippen molar-refractivity contribution < 1.29 is 0 Å². The molecule has 4 aromatic carbocycles. The molecule has 6 aromatic rings. The second-order valence-corrected chi connectivity index (χ2v) is 10.8. The van der Waals surface area contributed by atoms with Crippen molar-refractivity contribution in [1.29, 1.82) is 0 Å². The number of hydrogen-bond donors (Lipinski definition) is 2. The number of aromatic nitrogens is 3. The lowest BCUT2D eigenvalue weighted by Gasteiger charge is -2.12. The van der Waals surface area contributed by atoms with E-state index >= 15 is 0 Å². The molecule has 0 aliphatic heterocycles. The largest absolute Gasteiger partial charge is 0.398 e. The minimum Gasteiger partial charge on any atom is -0.398 e. The lowest BCUT2D eigenvalue weighted by molar-refractivity contribution is 0.684. The summed E-state index contributed by atoms with van der Waals surface area (Å²) in [6, 6.07) is 34.3. The van der Waals surface area contributed by atoms with Gasteiger partial charge in [-0.3, -0.25) is 4.79 Å². The first-order chi connectivity index (χ1) is 20.5. The van der Waals surface area contributed by atoms with Crippen LogP contribution in [0, 0.1) is 0 Å². The van der Waals surface area contributed by atoms with Crippen LogP contribution in [0.3, 0.4) is 0 Å². The molecule has 0 saturated carbocycles. The van der Waals surface area contributed by atoms with Gasteiger partial charge < -0.3 is 20.6 Å². The van der Waals surface area contributed by atoms with Crippen LogP contribution in [0.2, 0.25) is 0 Å². The molecule has 4 N–H and O–H groups in total. The van der Waals surface area contributed by atoms with Crippen LogP contribution in [0.4, 0.5) is 11.4 Å². The Morgan fingerprint density at radius 3 is 1.79 bits per heavy atom. The van der Waals surface area contributed by atoms with Crippen molar-refractivity contribution in [3.8, 4) is 22.3 Å². The molecule has 6 nitrogen and oxygen atoms in total. The Bertz CT molecular complexity index is 1900. The van der Waals surface area contributed by atoms with Gasteiger partial charge in [0, 0.05) is 41.7 Å². The summed E-state index contributed by atoms with van der Waals surface area (Å²) in [4.78, 5) is 18.8. The Morgan fingerprint density at radius 1 is 0.690 bits per heavy atom. The number of pyridine rings is 1. The van der Waals surface area contributed by atoms with Gasteiger partial charge in [-0.15, -0.1) is 0 Å². The fraction of sp³-hybridized carbons (Fsp3) is 0.167. The number of anilines is 2. The van der Waals surface area contributed by atoms with E-state index in [1.165, 1.54) is 0 Å². The fourth-order valence-corrected chi connectivity index (χ4v) is 5.52. The molecule has 0 atom stereocenters. The molecule has 0 amide bonds. The summed E-state index contributed by atoms with van der Waals surface area (Å²) in [5.41, 5.74) is 21.5. The lowest BCUT2D eigenvalue weighted by Crippen LogP contribution is -2.22. The van der Waals surface area contributed by atoms with E-state index in [0.29, 0.717) is 18.6 Å². The molecule has 210 valence electrons. The topological polar surface area (TPSA) is 91.9 Å². The molecule has 6 heteroatoms. The molecule has 6 rings (SSSR count). The number of nitrogen functional groups attached to an aromatic ring is 2. The van der Waals surface area contributed by atoms with E-state index < -0.39 is 0 Å². The maximum absolute atomic E-state index is 13.9. The molecule has 0 spiro atoms. The van der Waals surface area contributed by atoms with Gasteiger partial charge in [0.1, 0.15) is 11.3 Å². The molecule has 0 aliphatic carbocycles. The number of benzene rings is 4. The Balaban J connectivity index is 1.32. The maximum atomic E-state index is 13.9. The number of nitrogens with zero attached hydrogens (tertiary/aromatic N) is 3. The quantitative estimate of drug-likeness (QED) is 0.186. The molecule has 0 bridgehead atoms. The molecule has 0 aliphatic rings. The van der Waals surface area contributed by atoms with E-state index in [1.54, 1.807) is 4.57 Å². The molecule has 0 radical (unpaired) electrons. The normalized spacial score (nSPS) is 11.3. The lowest BCUT2D eigenvalue weighted by atomic mass is 10.0. The molecule has 42 heavy (non-hydrogen) atoms. The van der Waals surface area contributed by atoms with Gasteiger partial charge in [0.05, 0.1) is 12.1 Å². The molecular weight excluding hydrogens is 518 g/mol. The first-order valence-corrected chi connectivity index (χ1v) is 14.5. The number of fused-ring (bicyclic) bond motifs is 1. The predicted octanol–water partition coefficient (Wildman–Crippen LogP) is 7.14. The highest BCUT2D eigenvalue weighted by molar-refractivity contribution is 5.77. The molecule has 0 unspecified atom stereocenters. The summed E-state index contributed by atoms with van der Waals surface area (Å²) in [6.07, 6.45) is 4.76. The van der Waals surface area contributed by atoms with E-state index in [1.807, 2.05) is 60.8 Å². The van der Waals surface area contributed by atoms with E-state index in [2.05, 4.69) is 60.0 Å². The van der Waals surface area contributed by atoms with Crippen LogP contribution in [-0.4, -0.2) is 14.1 Å². The molecule has 2 heterocycles. The highest BCUT2D eigenvalue weighted by Crippen LogP contribution is 2.27. The van der Waals surface area contributed by atoms with Gasteiger partial charge in [-0.2, -0.15) is 0 Å². The summed E-state index contributed by atoms with van der Waals surface area (Å²) in [7, 11) is 0. The van der Waals surface area contributed by atoms with E-state index in [4.69, 9.17) is 16.5 Å². The molecular formula is C36H35N5O. The fourth-order valence-electron chi connectivity index (χ4n) is 5.52. The van der Waals surface area contributed by atoms with Crippen LogP contribution >= 0.6 is 0 Å². The van der Waals surface area contributed by atoms with Crippen molar-refractivity contribution in [2.75, 3.05) is 11.5 Å². The third-order valence-corrected chi connectivity index (χ3v) is 7.85. The predicted molar refractivity (Wildman–Crippen MR) is 173 cm³/mol. The maximum Gasteiger partial charge on any atom is 0.277 e. The van der Waals surface area contributed by atoms with Gasteiger partial charge in [-0.25, -0.2) is 4.98 Å². The number of para-hydroxylation sites is 2. The number of hydrogen-bond acceptors (Lipinski definition) is 4. The Morgan fingerprint density at radius 2 is 1.24 bits per heavy atom. The average Bonchev–Trinajstić information content (AvgIpc) is 3.36. The zero-order valence-corrected chi connectivity index (χ0v) is 23.8. The minimum atomic E-state index is -0.0344. The molecule has 0 fully saturated rings. The second-order valence-electron chi connectivity index (χ2n) is 10.8. The standard InChI is InChI=1S/C36H35N5O/c1-2-3-12-34-39-33-21-22-40(23-25-13-17-27(18-14-25)29-8-4-6-10-31(29)37)36(42)35(33)41(34)24-26-15-19-28(20-16-26)30-9-5-7-11-32(30)38/h4-11,13-22H,2-3,12,23-24,37-38H2,1H3. The first kappa shape index (κ1) is 27.1. The monoisotopic (exact) mass is 553 g/mol. The number of rotatable bonds is 9. The van der Waals surface area contributed by atoms with Gasteiger partial charge >= 0.3 is 0 Å². The molecule has 2 aromatic heterocycles. The van der Waals surface area contributed by atoms with Crippen LogP contribution in [-0.2, 0) is 19.5 Å². The second kappa shape index (κ2) is 11.8. The third-order valence-electron chi connectivity index (χ3n) is 7.85. The zero-order valence-electron chi connectivity index (χ0n) is 23.8. The summed E-state index contributed by atoms with van der Waals surface area (Å²) in [6.45, 7) is 3.22. The van der Waals surface area contributed by atoms with Crippen LogP contribution in [0.5, 0.6) is 0 Å². The van der Waals surface area contributed by atoms with Crippen LogP contribution < -0.4 is 17.0 Å². The van der Waals surface area contributed by atoms with E-state index in [-0.39, 0.29) is 5.56 Å². The Hall–Kier alpha value is -5.10. The SMILES string of the molecule is CCCCc1nc2ccn(Cc3ccc(-c4ccccc4N)cc3)c(=O)c2n1Cc1ccc(-c2ccccc2N)cc1. The number of aryl methyl sites for hydroxylation is 1. The summed E-state index contributed by atoms with van der Waals surface area (Å²) in [5.74, 6) is 0.947. The van der Waals surface area contributed by atoms with Crippen LogP contribution in [0.1, 0.15) is 36.7 Å². The van der Waals surface area contributed by atoms with Crippen molar-refractivity contribution in [2.45, 2.75) is 39.3 Å². The highest BCUT2D eigenvalue weighted by atomic mass is 16.1. The van der Waals surface area contributed by atoms with E-state index in [9.17, 15) is 4.79 Å². The minimum absolute atomic E-state index is 0.0344. The summed E-state index contributed by atoms with van der Waals surface area (Å²) < 4.78 is 3.88. The van der Waals surface area contributed by atoms with Crippen molar-refractivity contribution in [2.24, 2.45) is 0 Å². The summed E-state index contributed by atoms with van der Waals surface area (Å²) in [5, 5.41) is 0. The Kier molecular flexibility index (Phi) is 7.60. The van der Waals surface area contributed by atoms with Crippen molar-refractivity contribution in [1.82, 2.24) is 14.1 Å². The van der Waals surface area contributed by atoms with Crippen LogP contribution in [0.25, 0.3) is 33.3 Å². The third kappa shape index (κ3) is 5.44. The zero-order chi connectivity index (χ0) is 29.1. The Labute approximate surface area is 245 Å². The van der Waals surface area contributed by atoms with Gasteiger partial charge in [0.15, 0.2) is 0 Å². The smallest absolute Gasteiger partial charge is 0.277 e. The number of imidazole rings is 1. The van der Waals surface area contributed by atoms with Crippen LogP contribution in [0.15, 0.2) is 114 Å². The highest BCUT2D eigenvalue weighted by Gasteiger charge is 2.16. The molecule has 0 saturated heterocycles. The van der Waals surface area contributed by atoms with Gasteiger partial charge in [0.25, 0.3) is 5.56 Å². The van der Waals surface area contributed by atoms with Crippen molar-refractivity contribution in [3.05, 3.63) is 137 Å².